The molecule has 1 aromatic carbocycles. The fourth-order valence-corrected chi connectivity index (χ4v) is 8.21. The van der Waals surface area contributed by atoms with E-state index in [0.717, 1.165) is 27.5 Å². The van der Waals surface area contributed by atoms with Crippen LogP contribution in [0.25, 0.3) is 11.0 Å². The molecule has 1 saturated heterocycles. The van der Waals surface area contributed by atoms with Gasteiger partial charge in [0.2, 0.25) is 5.95 Å². The van der Waals surface area contributed by atoms with E-state index in [9.17, 15) is 4.79 Å². The Morgan fingerprint density at radius 2 is 1.73 bits per heavy atom. The highest BCUT2D eigenvalue weighted by molar-refractivity contribution is 8.00. The first-order valence-corrected chi connectivity index (χ1v) is 16.3. The quantitative estimate of drug-likeness (QED) is 0.316. The molecule has 2 saturated carbocycles. The second-order valence-corrected chi connectivity index (χ2v) is 13.8. The van der Waals surface area contributed by atoms with Crippen molar-refractivity contribution in [3.8, 4) is 0 Å². The number of hydrogen-bond acceptors (Lipinski definition) is 6. The summed E-state index contributed by atoms with van der Waals surface area (Å²) >= 11 is 2.04. The zero-order valence-electron chi connectivity index (χ0n) is 25.5. The normalized spacial score (nSPS) is 19.8. The highest BCUT2D eigenvalue weighted by Gasteiger charge is 2.46. The van der Waals surface area contributed by atoms with Crippen LogP contribution in [0.1, 0.15) is 90.3 Å². The SMILES string of the molecule is CC.Cc1cc(SC2CC3(CCN(C(C)C)CC3)C2)ccc1Nc1ncc2cc(C)c(=O)n([C@@H](C)C3CC3)c2n1. The Balaban J connectivity index is 0.00000158. The maximum absolute atomic E-state index is 13.1. The van der Waals surface area contributed by atoms with Gasteiger partial charge in [-0.1, -0.05) is 13.8 Å². The molecule has 0 unspecified atom stereocenters. The van der Waals surface area contributed by atoms with E-state index < -0.39 is 0 Å². The molecule has 40 heavy (non-hydrogen) atoms. The van der Waals surface area contributed by atoms with Gasteiger partial charge in [0.25, 0.3) is 5.56 Å². The number of likely N-dealkylation sites (tertiary alicyclic amines) is 1. The van der Waals surface area contributed by atoms with Crippen LogP contribution in [-0.4, -0.2) is 43.8 Å². The van der Waals surface area contributed by atoms with Crippen LogP contribution in [0.15, 0.2) is 40.2 Å². The van der Waals surface area contributed by atoms with Gasteiger partial charge in [-0.25, -0.2) is 4.98 Å². The molecule has 2 aromatic heterocycles. The van der Waals surface area contributed by atoms with Crippen LogP contribution in [0.4, 0.5) is 11.6 Å². The fourth-order valence-electron chi connectivity index (χ4n) is 6.56. The summed E-state index contributed by atoms with van der Waals surface area (Å²) in [7, 11) is 0. The number of piperidine rings is 1. The van der Waals surface area contributed by atoms with Gasteiger partial charge in [0, 0.05) is 45.1 Å². The topological polar surface area (TPSA) is 63.1 Å². The minimum absolute atomic E-state index is 0.0577. The lowest BCUT2D eigenvalue weighted by atomic mass is 9.63. The molecule has 7 heteroatoms. The van der Waals surface area contributed by atoms with E-state index in [1.807, 2.05) is 49.4 Å². The largest absolute Gasteiger partial charge is 0.324 e. The smallest absolute Gasteiger partial charge is 0.255 e. The molecule has 1 N–H and O–H groups in total. The van der Waals surface area contributed by atoms with Gasteiger partial charge in [-0.15, -0.1) is 11.8 Å². The second-order valence-electron chi connectivity index (χ2n) is 12.4. The van der Waals surface area contributed by atoms with Gasteiger partial charge in [-0.2, -0.15) is 4.98 Å². The summed E-state index contributed by atoms with van der Waals surface area (Å²) < 4.78 is 1.89. The van der Waals surface area contributed by atoms with Crippen molar-refractivity contribution >= 4 is 34.4 Å². The number of anilines is 2. The number of pyridine rings is 1. The summed E-state index contributed by atoms with van der Waals surface area (Å²) in [6.07, 6.45) is 9.64. The highest BCUT2D eigenvalue weighted by Crippen LogP contribution is 2.55. The predicted molar refractivity (Wildman–Crippen MR) is 169 cm³/mol. The third-order valence-corrected chi connectivity index (χ3v) is 10.5. The van der Waals surface area contributed by atoms with Gasteiger partial charge in [0.05, 0.1) is 0 Å². The number of thioether (sulfide) groups is 1. The Labute approximate surface area is 244 Å². The number of aryl methyl sites for hydroxylation is 2. The van der Waals surface area contributed by atoms with Crippen LogP contribution >= 0.6 is 11.8 Å². The van der Waals surface area contributed by atoms with Gasteiger partial charge in [0.1, 0.15) is 5.65 Å². The van der Waals surface area contributed by atoms with E-state index in [-0.39, 0.29) is 11.6 Å². The Morgan fingerprint density at radius 1 is 1.02 bits per heavy atom. The molecule has 3 fully saturated rings. The first-order chi connectivity index (χ1) is 19.2. The molecular formula is C33H47N5OS. The number of aromatic nitrogens is 3. The van der Waals surface area contributed by atoms with Crippen molar-refractivity contribution in [2.24, 2.45) is 11.3 Å². The van der Waals surface area contributed by atoms with E-state index in [1.165, 1.54) is 62.1 Å². The molecule has 6 nitrogen and oxygen atoms in total. The lowest BCUT2D eigenvalue weighted by Gasteiger charge is -2.52. The zero-order valence-corrected chi connectivity index (χ0v) is 26.3. The molecule has 0 bridgehead atoms. The molecule has 216 valence electrons. The number of benzene rings is 1. The highest BCUT2D eigenvalue weighted by atomic mass is 32.2. The molecule has 6 rings (SSSR count). The number of nitrogens with one attached hydrogen (secondary N) is 1. The van der Waals surface area contributed by atoms with Crippen LogP contribution in [-0.2, 0) is 0 Å². The summed E-state index contributed by atoms with van der Waals surface area (Å²) in [4.78, 5) is 26.4. The Hall–Kier alpha value is -2.38. The van der Waals surface area contributed by atoms with Crippen molar-refractivity contribution in [2.75, 3.05) is 18.4 Å². The van der Waals surface area contributed by atoms with Crippen molar-refractivity contribution in [3.05, 3.63) is 51.9 Å². The summed E-state index contributed by atoms with van der Waals surface area (Å²) in [5, 5.41) is 5.07. The monoisotopic (exact) mass is 561 g/mol. The van der Waals surface area contributed by atoms with Crippen molar-refractivity contribution in [2.45, 2.75) is 109 Å². The third-order valence-electron chi connectivity index (χ3n) is 9.32. The Morgan fingerprint density at radius 3 is 2.35 bits per heavy atom. The Bertz CT molecular complexity index is 1400. The maximum Gasteiger partial charge on any atom is 0.255 e. The Kier molecular flexibility index (Phi) is 8.63. The minimum atomic E-state index is 0.0577. The summed E-state index contributed by atoms with van der Waals surface area (Å²) in [6.45, 7) is 17.3. The summed E-state index contributed by atoms with van der Waals surface area (Å²) in [5.41, 5.74) is 4.32. The van der Waals surface area contributed by atoms with Crippen LogP contribution in [0, 0.1) is 25.2 Å². The average molecular weight is 562 g/mol. The number of nitrogens with zero attached hydrogens (tertiary/aromatic N) is 4. The van der Waals surface area contributed by atoms with Gasteiger partial charge in [-0.3, -0.25) is 9.36 Å². The van der Waals surface area contributed by atoms with Gasteiger partial charge >= 0.3 is 0 Å². The fraction of sp³-hybridized carbons (Fsp3) is 0.606. The number of fused-ring (bicyclic) bond motifs is 1. The first-order valence-electron chi connectivity index (χ1n) is 15.4. The minimum Gasteiger partial charge on any atom is -0.324 e. The predicted octanol–water partition coefficient (Wildman–Crippen LogP) is 7.89. The van der Waals surface area contributed by atoms with Crippen LogP contribution in [0.3, 0.4) is 0 Å². The number of hydrogen-bond donors (Lipinski definition) is 1. The maximum atomic E-state index is 13.1. The molecule has 2 aliphatic carbocycles. The molecule has 0 radical (unpaired) electrons. The molecule has 1 spiro atoms. The molecule has 3 aromatic rings. The van der Waals surface area contributed by atoms with Crippen LogP contribution in [0.2, 0.25) is 0 Å². The molecule has 3 heterocycles. The molecule has 0 amide bonds. The van der Waals surface area contributed by atoms with E-state index >= 15 is 0 Å². The lowest BCUT2D eigenvalue weighted by molar-refractivity contribution is 0.0267. The van der Waals surface area contributed by atoms with E-state index in [0.29, 0.717) is 23.3 Å². The third kappa shape index (κ3) is 5.96. The van der Waals surface area contributed by atoms with Crippen molar-refractivity contribution < 1.29 is 0 Å². The number of rotatable bonds is 7. The molecule has 1 atom stereocenters. The van der Waals surface area contributed by atoms with Gasteiger partial charge < -0.3 is 10.2 Å². The van der Waals surface area contributed by atoms with Crippen molar-refractivity contribution in [1.29, 1.82) is 0 Å². The zero-order chi connectivity index (χ0) is 28.6. The van der Waals surface area contributed by atoms with Crippen LogP contribution < -0.4 is 10.9 Å². The standard InChI is InChI=1S/C31H41N5OS.C2H6/c1-19(2)35-12-10-31(11-13-35)16-26(17-31)38-25-8-9-27(20(3)15-25)33-30-32-18-24-14-21(4)29(37)36(28(24)34-30)22(5)23-6-7-23;1-2/h8-9,14-15,18-19,22-23,26H,6-7,10-13,16-17H2,1-5H3,(H,32,33,34);1-2H3/t22-;/m0./s1. The van der Waals surface area contributed by atoms with Crippen molar-refractivity contribution in [1.82, 2.24) is 19.4 Å². The molecule has 3 aliphatic rings. The summed E-state index contributed by atoms with van der Waals surface area (Å²) in [6, 6.07) is 9.40. The van der Waals surface area contributed by atoms with Crippen LogP contribution in [0.5, 0.6) is 0 Å². The van der Waals surface area contributed by atoms with E-state index in [1.54, 1.807) is 0 Å². The summed E-state index contributed by atoms with van der Waals surface area (Å²) in [5.74, 6) is 1.10. The lowest BCUT2D eigenvalue weighted by Crippen LogP contribution is -2.49. The molecule has 1 aliphatic heterocycles. The van der Waals surface area contributed by atoms with Crippen molar-refractivity contribution in [3.63, 3.8) is 0 Å². The second kappa shape index (κ2) is 11.8. The molecular weight excluding hydrogens is 514 g/mol. The van der Waals surface area contributed by atoms with E-state index in [2.05, 4.69) is 61.1 Å². The van der Waals surface area contributed by atoms with Gasteiger partial charge in [0.15, 0.2) is 0 Å². The average Bonchev–Trinajstić information content (AvgIpc) is 3.77. The van der Waals surface area contributed by atoms with E-state index in [4.69, 9.17) is 4.98 Å². The first kappa shape index (κ1) is 29.1. The van der Waals surface area contributed by atoms with Gasteiger partial charge in [-0.05, 0) is 127 Å².